The van der Waals surface area contributed by atoms with E-state index in [1.165, 1.54) is 82.8 Å². The number of hydrogen-bond donors (Lipinski definition) is 0. The zero-order chi connectivity index (χ0) is 40.1. The zero-order valence-electron chi connectivity index (χ0n) is 32.8. The Hall–Kier alpha value is -6.20. The number of ether oxygens (including phenoxy) is 4. The Morgan fingerprint density at radius 3 is 1.37 bits per heavy atom. The van der Waals surface area contributed by atoms with E-state index in [0.717, 1.165) is 29.7 Å². The van der Waals surface area contributed by atoms with Gasteiger partial charge in [-0.3, -0.25) is 0 Å². The molecule has 0 radical (unpaired) electrons. The molecule has 0 bridgehead atoms. The highest BCUT2D eigenvalue weighted by molar-refractivity contribution is 5.93. The van der Waals surface area contributed by atoms with Crippen LogP contribution in [-0.4, -0.2) is 24.5 Å². The molecule has 0 aliphatic heterocycles. The third kappa shape index (κ3) is 14.1. The molecule has 0 atom stereocenters. The minimum absolute atomic E-state index is 0.287. The van der Waals surface area contributed by atoms with Gasteiger partial charge in [-0.15, -0.1) is 0 Å². The lowest BCUT2D eigenvalue weighted by molar-refractivity contribution is 0.0723. The first kappa shape index (κ1) is 42.0. The van der Waals surface area contributed by atoms with Crippen molar-refractivity contribution in [2.24, 2.45) is 0 Å². The van der Waals surface area contributed by atoms with Gasteiger partial charge in [0.2, 0.25) is 0 Å². The summed E-state index contributed by atoms with van der Waals surface area (Å²) in [6.07, 6.45) is 17.0. The summed E-state index contributed by atoms with van der Waals surface area (Å²) < 4.78 is 22.5. The van der Waals surface area contributed by atoms with Crippen molar-refractivity contribution < 1.29 is 33.3 Å². The number of carbonyl (C=O) groups excluding carboxylic acids is 3. The smallest absolute Gasteiger partial charge is 0.343 e. The molecule has 0 N–H and O–H groups in total. The molecule has 0 aromatic heterocycles. The van der Waals surface area contributed by atoms with Gasteiger partial charge in [-0.05, 0) is 115 Å². The Balaban J connectivity index is 1.000. The molecule has 0 heterocycles. The minimum atomic E-state index is -0.569. The van der Waals surface area contributed by atoms with Gasteiger partial charge >= 0.3 is 17.9 Å². The van der Waals surface area contributed by atoms with E-state index in [-0.39, 0.29) is 5.56 Å². The number of benzene rings is 5. The predicted molar refractivity (Wildman–Crippen MR) is 222 cm³/mol. The predicted octanol–water partition coefficient (Wildman–Crippen LogP) is 12.4. The van der Waals surface area contributed by atoms with Gasteiger partial charge in [-0.2, -0.15) is 5.26 Å². The fourth-order valence-corrected chi connectivity index (χ4v) is 6.29. The first-order valence-electron chi connectivity index (χ1n) is 20.1. The van der Waals surface area contributed by atoms with Crippen molar-refractivity contribution in [3.8, 4) is 40.2 Å². The highest BCUT2D eigenvalue weighted by atomic mass is 16.5. The highest BCUT2D eigenvalue weighted by Gasteiger charge is 2.14. The highest BCUT2D eigenvalue weighted by Crippen LogP contribution is 2.26. The number of hydrogen-bond acceptors (Lipinski definition) is 8. The van der Waals surface area contributed by atoms with Crippen LogP contribution in [0.2, 0.25) is 0 Å². The van der Waals surface area contributed by atoms with Gasteiger partial charge in [0.15, 0.2) is 0 Å². The molecule has 0 saturated heterocycles. The monoisotopic (exact) mass is 765 g/mol. The second-order valence-electron chi connectivity index (χ2n) is 14.0. The molecule has 8 nitrogen and oxygen atoms in total. The topological polar surface area (TPSA) is 112 Å². The number of esters is 3. The van der Waals surface area contributed by atoms with E-state index in [4.69, 9.17) is 24.2 Å². The van der Waals surface area contributed by atoms with Gasteiger partial charge in [0, 0.05) is 0 Å². The molecule has 5 aromatic rings. The van der Waals surface area contributed by atoms with Gasteiger partial charge in [-0.25, -0.2) is 14.4 Å². The SMILES string of the molecule is CCCCCCCCCCCCCCCOc1ccc(C(=O)Oc2ccc(C(=O)Oc3cccc(-c4ccc(C(=O)Oc5ccc(C#N)cc5)cc4)c3)cc2)cc1. The summed E-state index contributed by atoms with van der Waals surface area (Å²) in [7, 11) is 0. The van der Waals surface area contributed by atoms with Gasteiger partial charge < -0.3 is 18.9 Å². The van der Waals surface area contributed by atoms with Gasteiger partial charge in [0.05, 0.1) is 34.9 Å². The molecular formula is C49H51NO7. The molecule has 0 spiro atoms. The summed E-state index contributed by atoms with van der Waals surface area (Å²) in [6.45, 7) is 2.91. The molecular weight excluding hydrogens is 715 g/mol. The quantitative estimate of drug-likeness (QED) is 0.0389. The van der Waals surface area contributed by atoms with Crippen molar-refractivity contribution in [3.05, 3.63) is 144 Å². The van der Waals surface area contributed by atoms with Gasteiger partial charge in [-0.1, -0.05) is 108 Å². The van der Waals surface area contributed by atoms with Crippen molar-refractivity contribution >= 4 is 17.9 Å². The Kier molecular flexibility index (Phi) is 16.9. The van der Waals surface area contributed by atoms with Crippen molar-refractivity contribution in [1.29, 1.82) is 5.26 Å². The van der Waals surface area contributed by atoms with Crippen LogP contribution in [0.3, 0.4) is 0 Å². The Morgan fingerprint density at radius 2 is 0.877 bits per heavy atom. The molecule has 0 aliphatic rings. The lowest BCUT2D eigenvalue weighted by atomic mass is 10.0. The number of nitriles is 1. The number of rotatable bonds is 22. The average molecular weight is 766 g/mol. The van der Waals surface area contributed by atoms with E-state index in [1.807, 2.05) is 12.1 Å². The summed E-state index contributed by atoms with van der Waals surface area (Å²) in [5.41, 5.74) is 3.10. The van der Waals surface area contributed by atoms with Crippen molar-refractivity contribution in [3.63, 3.8) is 0 Å². The largest absolute Gasteiger partial charge is 0.494 e. The van der Waals surface area contributed by atoms with Gasteiger partial charge in [0.1, 0.15) is 23.0 Å². The maximum atomic E-state index is 13.0. The van der Waals surface area contributed by atoms with E-state index in [1.54, 1.807) is 103 Å². The first-order chi connectivity index (χ1) is 27.9. The van der Waals surface area contributed by atoms with Crippen molar-refractivity contribution in [2.75, 3.05) is 6.61 Å². The Labute approximate surface area is 336 Å². The first-order valence-corrected chi connectivity index (χ1v) is 20.1. The molecule has 5 aromatic carbocycles. The van der Waals surface area contributed by atoms with Crippen LogP contribution < -0.4 is 18.9 Å². The Bertz CT molecular complexity index is 2050. The van der Waals surface area contributed by atoms with Crippen LogP contribution in [0.4, 0.5) is 0 Å². The molecule has 0 fully saturated rings. The molecule has 0 unspecified atom stereocenters. The van der Waals surface area contributed by atoms with Crippen LogP contribution in [0.25, 0.3) is 11.1 Å². The molecule has 5 rings (SSSR count). The van der Waals surface area contributed by atoms with E-state index >= 15 is 0 Å². The zero-order valence-corrected chi connectivity index (χ0v) is 32.8. The van der Waals surface area contributed by atoms with E-state index in [2.05, 4.69) is 6.92 Å². The van der Waals surface area contributed by atoms with Crippen molar-refractivity contribution in [2.45, 2.75) is 90.4 Å². The van der Waals surface area contributed by atoms with Gasteiger partial charge in [0.25, 0.3) is 0 Å². The lowest BCUT2D eigenvalue weighted by Gasteiger charge is -2.09. The second kappa shape index (κ2) is 23.0. The van der Waals surface area contributed by atoms with Crippen molar-refractivity contribution in [1.82, 2.24) is 0 Å². The third-order valence-electron chi connectivity index (χ3n) is 9.60. The van der Waals surface area contributed by atoms with Crippen LogP contribution in [0.1, 0.15) is 127 Å². The molecule has 8 heteroatoms. The van der Waals surface area contributed by atoms with E-state index in [0.29, 0.717) is 40.5 Å². The summed E-state index contributed by atoms with van der Waals surface area (Å²) in [5, 5.41) is 8.95. The lowest BCUT2D eigenvalue weighted by Crippen LogP contribution is -2.10. The number of unbranched alkanes of at least 4 members (excludes halogenated alkanes) is 12. The molecule has 57 heavy (non-hydrogen) atoms. The number of carbonyl (C=O) groups is 3. The van der Waals surface area contributed by atoms with Crippen LogP contribution in [0.5, 0.6) is 23.0 Å². The standard InChI is InChI=1S/C49H51NO7/c1-2-3-4-5-6-7-8-9-10-11-12-13-14-34-54-43-30-24-40(25-31-43)48(52)56-45-32-26-41(27-33-45)49(53)57-46-17-15-16-42(35-46)38-20-22-39(23-21-38)47(51)55-44-28-18-37(36-50)19-29-44/h15-33,35H,2-14,34H2,1H3. The van der Waals surface area contributed by atoms with Crippen LogP contribution in [0.15, 0.2) is 121 Å². The van der Waals surface area contributed by atoms with Crippen LogP contribution in [0, 0.1) is 11.3 Å². The normalized spacial score (nSPS) is 10.7. The fraction of sp³-hybridized carbons (Fsp3) is 0.306. The third-order valence-corrected chi connectivity index (χ3v) is 9.60. The molecule has 0 amide bonds. The number of nitrogens with zero attached hydrogens (tertiary/aromatic N) is 1. The maximum absolute atomic E-state index is 13.0. The molecule has 294 valence electrons. The summed E-state index contributed by atoms with van der Waals surface area (Å²) >= 11 is 0. The summed E-state index contributed by atoms with van der Waals surface area (Å²) in [5.74, 6) is 0.0938. The molecule has 0 aliphatic carbocycles. The second-order valence-corrected chi connectivity index (χ2v) is 14.0. The van der Waals surface area contributed by atoms with Crippen LogP contribution in [-0.2, 0) is 0 Å². The van der Waals surface area contributed by atoms with E-state index in [9.17, 15) is 14.4 Å². The van der Waals surface area contributed by atoms with Crippen LogP contribution >= 0.6 is 0 Å². The van der Waals surface area contributed by atoms with E-state index < -0.39 is 17.9 Å². The maximum Gasteiger partial charge on any atom is 0.343 e. The fourth-order valence-electron chi connectivity index (χ4n) is 6.29. The Morgan fingerprint density at radius 1 is 0.456 bits per heavy atom. The minimum Gasteiger partial charge on any atom is -0.494 e. The summed E-state index contributed by atoms with van der Waals surface area (Å²) in [6, 6.07) is 35.3. The summed E-state index contributed by atoms with van der Waals surface area (Å²) in [4.78, 5) is 38.4. The molecule has 0 saturated carbocycles. The average Bonchev–Trinajstić information content (AvgIpc) is 3.24.